The van der Waals surface area contributed by atoms with E-state index in [9.17, 15) is 0 Å². The van der Waals surface area contributed by atoms with Gasteiger partial charge in [-0.05, 0) is 53.5 Å². The Bertz CT molecular complexity index is 681. The highest BCUT2D eigenvalue weighted by Crippen LogP contribution is 2.63. The Hall–Kier alpha value is -1.57. The molecule has 2 bridgehead atoms. The molecule has 1 unspecified atom stereocenters. The quantitative estimate of drug-likeness (QED) is 0.849. The summed E-state index contributed by atoms with van der Waals surface area (Å²) in [4.78, 5) is 4.31. The minimum atomic E-state index is 0.372. The van der Waals surface area contributed by atoms with Crippen molar-refractivity contribution in [3.63, 3.8) is 0 Å². The summed E-state index contributed by atoms with van der Waals surface area (Å²) in [7, 11) is 0. The van der Waals surface area contributed by atoms with Crippen LogP contribution in [-0.4, -0.2) is 11.0 Å². The molecule has 21 heavy (non-hydrogen) atoms. The zero-order chi connectivity index (χ0) is 14.7. The number of nitrogens with zero attached hydrogens (tertiary/aromatic N) is 1. The zero-order valence-corrected chi connectivity index (χ0v) is 13.2. The van der Waals surface area contributed by atoms with Gasteiger partial charge in [-0.15, -0.1) is 0 Å². The molecule has 0 amide bonds. The highest BCUT2D eigenvalue weighted by molar-refractivity contribution is 5.93. The number of rotatable bonds is 2. The van der Waals surface area contributed by atoms with Gasteiger partial charge in [-0.25, -0.2) is 0 Å². The molecular formula is C19H24N2. The fourth-order valence-electron chi connectivity index (χ4n) is 5.06. The molecule has 1 aromatic heterocycles. The van der Waals surface area contributed by atoms with Crippen LogP contribution in [-0.2, 0) is 0 Å². The van der Waals surface area contributed by atoms with Crippen LogP contribution in [0.4, 0.5) is 5.69 Å². The Morgan fingerprint density at radius 1 is 1.19 bits per heavy atom. The molecule has 2 nitrogen and oxygen atoms in total. The Morgan fingerprint density at radius 2 is 2.05 bits per heavy atom. The lowest BCUT2D eigenvalue weighted by atomic mass is 9.68. The van der Waals surface area contributed by atoms with Crippen LogP contribution in [0.15, 0.2) is 36.7 Å². The molecule has 0 radical (unpaired) electrons. The van der Waals surface area contributed by atoms with Crippen molar-refractivity contribution in [2.45, 2.75) is 46.1 Å². The van der Waals surface area contributed by atoms with Crippen molar-refractivity contribution < 1.29 is 0 Å². The predicted molar refractivity (Wildman–Crippen MR) is 88.4 cm³/mol. The lowest BCUT2D eigenvalue weighted by Crippen LogP contribution is -2.45. The van der Waals surface area contributed by atoms with Crippen LogP contribution < -0.4 is 5.32 Å². The van der Waals surface area contributed by atoms with E-state index in [2.05, 4.69) is 55.3 Å². The van der Waals surface area contributed by atoms with E-state index < -0.39 is 0 Å². The minimum Gasteiger partial charge on any atom is -0.381 e. The first-order valence-corrected chi connectivity index (χ1v) is 8.10. The van der Waals surface area contributed by atoms with Gasteiger partial charge < -0.3 is 5.32 Å². The number of pyridine rings is 1. The van der Waals surface area contributed by atoms with Crippen molar-refractivity contribution in [1.29, 1.82) is 0 Å². The minimum absolute atomic E-state index is 0.372. The van der Waals surface area contributed by atoms with Gasteiger partial charge in [0.1, 0.15) is 0 Å². The monoisotopic (exact) mass is 280 g/mol. The molecule has 1 aromatic carbocycles. The highest BCUT2D eigenvalue weighted by atomic mass is 15.0. The van der Waals surface area contributed by atoms with Crippen LogP contribution in [0.25, 0.3) is 10.8 Å². The fourth-order valence-corrected chi connectivity index (χ4v) is 5.06. The van der Waals surface area contributed by atoms with Gasteiger partial charge in [0.25, 0.3) is 0 Å². The second-order valence-electron chi connectivity index (χ2n) is 7.89. The van der Waals surface area contributed by atoms with Gasteiger partial charge in [0.15, 0.2) is 0 Å². The summed E-state index contributed by atoms with van der Waals surface area (Å²) in [6.07, 6.45) is 8.00. The standard InChI is InChI=1S/C19H24N2/c1-18(2)14-7-9-19(3,11-14)17(18)21-16-6-4-5-13-8-10-20-12-15(13)16/h4-6,8,10,12,14,17,21H,7,9,11H2,1-3H3/t14-,17?,19+/m0/s1. The summed E-state index contributed by atoms with van der Waals surface area (Å²) in [5.74, 6) is 0.869. The molecular weight excluding hydrogens is 256 g/mol. The summed E-state index contributed by atoms with van der Waals surface area (Å²) >= 11 is 0. The van der Waals surface area contributed by atoms with E-state index in [0.717, 1.165) is 5.92 Å². The van der Waals surface area contributed by atoms with E-state index in [-0.39, 0.29) is 0 Å². The molecule has 4 rings (SSSR count). The number of nitrogens with one attached hydrogen (secondary N) is 1. The molecule has 2 heteroatoms. The van der Waals surface area contributed by atoms with E-state index in [4.69, 9.17) is 0 Å². The molecule has 2 fully saturated rings. The molecule has 2 aliphatic carbocycles. The van der Waals surface area contributed by atoms with E-state index in [1.165, 1.54) is 35.7 Å². The number of benzene rings is 1. The van der Waals surface area contributed by atoms with Crippen LogP contribution in [0.1, 0.15) is 40.0 Å². The number of anilines is 1. The molecule has 3 atom stereocenters. The van der Waals surface area contributed by atoms with E-state index in [1.807, 2.05) is 12.4 Å². The average Bonchev–Trinajstić information content (AvgIpc) is 2.95. The summed E-state index contributed by atoms with van der Waals surface area (Å²) < 4.78 is 0. The second kappa shape index (κ2) is 4.22. The largest absolute Gasteiger partial charge is 0.381 e. The van der Waals surface area contributed by atoms with Gasteiger partial charge in [-0.1, -0.05) is 32.9 Å². The number of hydrogen-bond donors (Lipinski definition) is 1. The van der Waals surface area contributed by atoms with Gasteiger partial charge in [0, 0.05) is 29.5 Å². The third kappa shape index (κ3) is 1.81. The molecule has 2 saturated carbocycles. The molecule has 110 valence electrons. The van der Waals surface area contributed by atoms with Crippen molar-refractivity contribution in [2.24, 2.45) is 16.7 Å². The van der Waals surface area contributed by atoms with Crippen molar-refractivity contribution in [3.05, 3.63) is 36.7 Å². The van der Waals surface area contributed by atoms with Gasteiger partial charge in [-0.3, -0.25) is 4.98 Å². The number of fused-ring (bicyclic) bond motifs is 3. The maximum Gasteiger partial charge on any atom is 0.0438 e. The number of aromatic nitrogens is 1. The summed E-state index contributed by atoms with van der Waals surface area (Å²) in [6.45, 7) is 7.37. The summed E-state index contributed by atoms with van der Waals surface area (Å²) in [6, 6.07) is 9.15. The Balaban J connectivity index is 1.75. The van der Waals surface area contributed by atoms with Gasteiger partial charge >= 0.3 is 0 Å². The molecule has 0 spiro atoms. The van der Waals surface area contributed by atoms with Gasteiger partial charge in [0.2, 0.25) is 0 Å². The SMILES string of the molecule is CC1(C)C(Nc2cccc3ccncc23)[C@]2(C)CC[C@H]1C2. The average molecular weight is 280 g/mol. The van der Waals surface area contributed by atoms with Gasteiger partial charge in [0.05, 0.1) is 0 Å². The van der Waals surface area contributed by atoms with Crippen LogP contribution >= 0.6 is 0 Å². The molecule has 2 aromatic rings. The fraction of sp³-hybridized carbons (Fsp3) is 0.526. The molecule has 0 aliphatic heterocycles. The third-order valence-electron chi connectivity index (χ3n) is 6.25. The normalized spacial score (nSPS) is 33.5. The van der Waals surface area contributed by atoms with E-state index in [0.29, 0.717) is 16.9 Å². The molecule has 1 heterocycles. The molecule has 0 saturated heterocycles. The maximum atomic E-state index is 4.31. The van der Waals surface area contributed by atoms with Crippen molar-refractivity contribution in [2.75, 3.05) is 5.32 Å². The smallest absolute Gasteiger partial charge is 0.0438 e. The highest BCUT2D eigenvalue weighted by Gasteiger charge is 2.59. The van der Waals surface area contributed by atoms with Crippen molar-refractivity contribution in [1.82, 2.24) is 4.98 Å². The van der Waals surface area contributed by atoms with Crippen LogP contribution in [0.2, 0.25) is 0 Å². The van der Waals surface area contributed by atoms with Crippen LogP contribution in [0, 0.1) is 16.7 Å². The molecule has 2 aliphatic rings. The van der Waals surface area contributed by atoms with E-state index >= 15 is 0 Å². The van der Waals surface area contributed by atoms with Crippen molar-refractivity contribution >= 4 is 16.5 Å². The maximum absolute atomic E-state index is 4.31. The first-order valence-electron chi connectivity index (χ1n) is 8.10. The summed E-state index contributed by atoms with van der Waals surface area (Å²) in [5.41, 5.74) is 2.06. The van der Waals surface area contributed by atoms with Crippen molar-refractivity contribution in [3.8, 4) is 0 Å². The van der Waals surface area contributed by atoms with E-state index in [1.54, 1.807) is 0 Å². The second-order valence-corrected chi connectivity index (χ2v) is 7.89. The van der Waals surface area contributed by atoms with Crippen LogP contribution in [0.3, 0.4) is 0 Å². The number of hydrogen-bond acceptors (Lipinski definition) is 2. The lowest BCUT2D eigenvalue weighted by molar-refractivity contribution is 0.155. The first kappa shape index (κ1) is 13.1. The topological polar surface area (TPSA) is 24.9 Å². The first-order chi connectivity index (χ1) is 10.0. The third-order valence-corrected chi connectivity index (χ3v) is 6.25. The predicted octanol–water partition coefficient (Wildman–Crippen LogP) is 4.86. The Kier molecular flexibility index (Phi) is 2.64. The van der Waals surface area contributed by atoms with Gasteiger partial charge in [-0.2, -0.15) is 0 Å². The Labute approximate surface area is 127 Å². The Morgan fingerprint density at radius 3 is 2.81 bits per heavy atom. The zero-order valence-electron chi connectivity index (χ0n) is 13.2. The van der Waals surface area contributed by atoms with Crippen LogP contribution in [0.5, 0.6) is 0 Å². The summed E-state index contributed by atoms with van der Waals surface area (Å²) in [5, 5.41) is 6.41. The lowest BCUT2D eigenvalue weighted by Gasteiger charge is -2.43. The molecule has 1 N–H and O–H groups in total.